The molecule has 1 aromatic heterocycles. The molecule has 1 saturated heterocycles. The zero-order valence-corrected chi connectivity index (χ0v) is 14.2. The quantitative estimate of drug-likeness (QED) is 0.911. The van der Waals surface area contributed by atoms with Gasteiger partial charge in [-0.25, -0.2) is 0 Å². The summed E-state index contributed by atoms with van der Waals surface area (Å²) in [5, 5.41) is 13.8. The minimum absolute atomic E-state index is 0.158. The summed E-state index contributed by atoms with van der Waals surface area (Å²) in [6, 6.07) is 1.93. The molecule has 0 unspecified atom stereocenters. The van der Waals surface area contributed by atoms with E-state index in [9.17, 15) is 23.1 Å². The Balaban J connectivity index is 2.02. The number of aromatic nitrogens is 2. The molecule has 1 N–H and O–H groups in total. The van der Waals surface area contributed by atoms with Crippen LogP contribution in [0, 0.1) is 5.92 Å². The molecule has 8 heteroatoms. The zero-order chi connectivity index (χ0) is 18.1. The Bertz CT molecular complexity index is 573. The lowest BCUT2D eigenvalue weighted by molar-refractivity contribution is -0.250. The molecule has 1 aliphatic heterocycles. The summed E-state index contributed by atoms with van der Waals surface area (Å²) in [5.74, 6) is -0.678. The molecule has 1 atom stereocenters. The van der Waals surface area contributed by atoms with Gasteiger partial charge in [-0.1, -0.05) is 13.8 Å². The van der Waals surface area contributed by atoms with Crippen LogP contribution in [0.25, 0.3) is 0 Å². The Hall–Kier alpha value is -1.57. The van der Waals surface area contributed by atoms with Crippen molar-refractivity contribution in [1.29, 1.82) is 0 Å². The van der Waals surface area contributed by atoms with E-state index in [-0.39, 0.29) is 19.0 Å². The number of alkyl halides is 3. The second kappa shape index (κ2) is 6.74. The normalized spacial score (nSPS) is 19.6. The van der Waals surface area contributed by atoms with Crippen molar-refractivity contribution >= 4 is 5.91 Å². The minimum atomic E-state index is -4.98. The maximum atomic E-state index is 12.8. The first-order valence-corrected chi connectivity index (χ1v) is 8.14. The summed E-state index contributed by atoms with van der Waals surface area (Å²) >= 11 is 0. The molecule has 1 aliphatic rings. The molecule has 0 radical (unpaired) electrons. The first-order chi connectivity index (χ1) is 11.0. The smallest absolute Gasteiger partial charge is 0.373 e. The zero-order valence-electron chi connectivity index (χ0n) is 14.2. The Morgan fingerprint density at radius 2 is 1.96 bits per heavy atom. The summed E-state index contributed by atoms with van der Waals surface area (Å²) in [6.45, 7) is 5.87. The number of hydrogen-bond acceptors (Lipinski definition) is 3. The fourth-order valence-electron chi connectivity index (χ4n) is 3.00. The van der Waals surface area contributed by atoms with Gasteiger partial charge >= 0.3 is 6.18 Å². The highest BCUT2D eigenvalue weighted by Crippen LogP contribution is 2.34. The van der Waals surface area contributed by atoms with Crippen LogP contribution in [0.1, 0.15) is 45.2 Å². The van der Waals surface area contributed by atoms with Crippen LogP contribution in [0.4, 0.5) is 13.2 Å². The fourth-order valence-corrected chi connectivity index (χ4v) is 3.00. The highest BCUT2D eigenvalue weighted by atomic mass is 19.4. The molecule has 136 valence electrons. The van der Waals surface area contributed by atoms with Gasteiger partial charge in [-0.15, -0.1) is 0 Å². The number of hydrogen-bond donors (Lipinski definition) is 1. The maximum Gasteiger partial charge on any atom is 0.426 e. The predicted molar refractivity (Wildman–Crippen MR) is 82.3 cm³/mol. The van der Waals surface area contributed by atoms with Crippen LogP contribution >= 0.6 is 0 Å². The molecule has 1 aromatic rings. The van der Waals surface area contributed by atoms with Gasteiger partial charge in [-0.2, -0.15) is 18.3 Å². The topological polar surface area (TPSA) is 58.4 Å². The van der Waals surface area contributed by atoms with E-state index in [1.807, 2.05) is 10.7 Å². The van der Waals surface area contributed by atoms with E-state index >= 15 is 0 Å². The van der Waals surface area contributed by atoms with Gasteiger partial charge in [0.15, 0.2) is 0 Å². The Labute approximate surface area is 139 Å². The summed E-state index contributed by atoms with van der Waals surface area (Å²) in [7, 11) is 0. The molecule has 24 heavy (non-hydrogen) atoms. The molecular formula is C16H24F3N3O2. The number of nitrogens with zero attached hydrogens (tertiary/aromatic N) is 3. The molecule has 0 aliphatic carbocycles. The second-order valence-electron chi connectivity index (χ2n) is 6.97. The number of halogens is 3. The van der Waals surface area contributed by atoms with E-state index in [2.05, 4.69) is 18.9 Å². The molecule has 5 nitrogen and oxygen atoms in total. The molecule has 0 spiro atoms. The van der Waals surface area contributed by atoms with Crippen molar-refractivity contribution in [2.45, 2.75) is 57.9 Å². The van der Waals surface area contributed by atoms with Gasteiger partial charge in [0.1, 0.15) is 0 Å². The molecular weight excluding hydrogens is 323 g/mol. The van der Waals surface area contributed by atoms with Gasteiger partial charge in [-0.05, 0) is 31.7 Å². The molecule has 0 aromatic carbocycles. The maximum absolute atomic E-state index is 12.8. The second-order valence-corrected chi connectivity index (χ2v) is 6.97. The minimum Gasteiger partial charge on any atom is -0.373 e. The largest absolute Gasteiger partial charge is 0.426 e. The first kappa shape index (κ1) is 18.8. The van der Waals surface area contributed by atoms with Crippen LogP contribution in [0.2, 0.25) is 0 Å². The number of piperidine rings is 1. The summed E-state index contributed by atoms with van der Waals surface area (Å²) in [5.41, 5.74) is -2.28. The van der Waals surface area contributed by atoms with Crippen LogP contribution in [-0.4, -0.2) is 50.6 Å². The predicted octanol–water partition coefficient (Wildman–Crippen LogP) is 2.56. The SMILES string of the molecule is CC(C)Cn1nccc1C1CCN(C(=O)[C@@](C)(O)C(F)(F)F)CC1. The summed E-state index contributed by atoms with van der Waals surface area (Å²) in [4.78, 5) is 13.1. The number of carbonyl (C=O) groups is 1. The van der Waals surface area contributed by atoms with Crippen LogP contribution in [0.3, 0.4) is 0 Å². The average Bonchev–Trinajstić information content (AvgIpc) is 2.92. The molecule has 1 fully saturated rings. The lowest BCUT2D eigenvalue weighted by Crippen LogP contribution is -2.57. The average molecular weight is 347 g/mol. The lowest BCUT2D eigenvalue weighted by atomic mass is 9.92. The van der Waals surface area contributed by atoms with Gasteiger partial charge in [0, 0.05) is 37.4 Å². The van der Waals surface area contributed by atoms with Crippen molar-refractivity contribution < 1.29 is 23.1 Å². The summed E-state index contributed by atoms with van der Waals surface area (Å²) < 4.78 is 40.3. The molecule has 2 heterocycles. The summed E-state index contributed by atoms with van der Waals surface area (Å²) in [6.07, 6.45) is -2.13. The van der Waals surface area contributed by atoms with Crippen molar-refractivity contribution in [3.63, 3.8) is 0 Å². The highest BCUT2D eigenvalue weighted by Gasteiger charge is 2.57. The third-order valence-electron chi connectivity index (χ3n) is 4.46. The van der Waals surface area contributed by atoms with Crippen molar-refractivity contribution in [3.8, 4) is 0 Å². The van der Waals surface area contributed by atoms with Crippen LogP contribution < -0.4 is 0 Å². The van der Waals surface area contributed by atoms with Crippen LogP contribution in [-0.2, 0) is 11.3 Å². The van der Waals surface area contributed by atoms with E-state index < -0.39 is 17.7 Å². The molecule has 1 amide bonds. The van der Waals surface area contributed by atoms with Crippen molar-refractivity contribution in [2.24, 2.45) is 5.92 Å². The standard InChI is InChI=1S/C16H24F3N3O2/c1-11(2)10-22-13(4-7-20-22)12-5-8-21(9-6-12)14(23)15(3,24)16(17,18)19/h4,7,11-12,24H,5-6,8-10H2,1-3H3/t15-/m1/s1. The number of rotatable bonds is 4. The number of aliphatic hydroxyl groups is 1. The van der Waals surface area contributed by atoms with Gasteiger partial charge in [-0.3, -0.25) is 9.48 Å². The number of amides is 1. The molecule has 2 rings (SSSR count). The van der Waals surface area contributed by atoms with Crippen molar-refractivity contribution in [2.75, 3.05) is 13.1 Å². The Kier molecular flexibility index (Phi) is 5.27. The fraction of sp³-hybridized carbons (Fsp3) is 0.750. The van der Waals surface area contributed by atoms with Gasteiger partial charge in [0.25, 0.3) is 5.91 Å². The van der Waals surface area contributed by atoms with Crippen LogP contribution in [0.15, 0.2) is 12.3 Å². The van der Waals surface area contributed by atoms with Gasteiger partial charge in [0.2, 0.25) is 5.60 Å². The van der Waals surface area contributed by atoms with E-state index in [0.717, 1.165) is 17.1 Å². The Morgan fingerprint density at radius 3 is 2.46 bits per heavy atom. The van der Waals surface area contributed by atoms with Gasteiger partial charge in [0.05, 0.1) is 0 Å². The lowest BCUT2D eigenvalue weighted by Gasteiger charge is -2.37. The van der Waals surface area contributed by atoms with Crippen LogP contribution in [0.5, 0.6) is 0 Å². The third kappa shape index (κ3) is 3.74. The van der Waals surface area contributed by atoms with E-state index in [1.54, 1.807) is 6.20 Å². The van der Waals surface area contributed by atoms with Gasteiger partial charge < -0.3 is 10.0 Å². The molecule has 0 bridgehead atoms. The van der Waals surface area contributed by atoms with Crippen molar-refractivity contribution in [1.82, 2.24) is 14.7 Å². The highest BCUT2D eigenvalue weighted by molar-refractivity contribution is 5.85. The van der Waals surface area contributed by atoms with Crippen molar-refractivity contribution in [3.05, 3.63) is 18.0 Å². The molecule has 0 saturated carbocycles. The first-order valence-electron chi connectivity index (χ1n) is 8.14. The van der Waals surface area contributed by atoms with E-state index in [1.165, 1.54) is 0 Å². The van der Waals surface area contributed by atoms with E-state index in [0.29, 0.717) is 25.7 Å². The Morgan fingerprint density at radius 1 is 1.38 bits per heavy atom. The number of carbonyl (C=O) groups excluding carboxylic acids is 1. The third-order valence-corrected chi connectivity index (χ3v) is 4.46. The van der Waals surface area contributed by atoms with E-state index in [4.69, 9.17) is 0 Å². The monoisotopic (exact) mass is 347 g/mol. The number of likely N-dealkylation sites (tertiary alicyclic amines) is 1.